The fraction of sp³-hybridized carbons (Fsp3) is 0.500. The van der Waals surface area contributed by atoms with Crippen LogP contribution in [-0.4, -0.2) is 5.92 Å². The van der Waals surface area contributed by atoms with Crippen molar-refractivity contribution in [1.82, 2.24) is 0 Å². The van der Waals surface area contributed by atoms with E-state index in [4.69, 9.17) is 0 Å². The molecule has 0 aromatic heterocycles. The predicted octanol–water partition coefficient (Wildman–Crippen LogP) is 3.68. The summed E-state index contributed by atoms with van der Waals surface area (Å²) in [6.07, 6.45) is 0.867. The van der Waals surface area contributed by atoms with Crippen LogP contribution in [0, 0.1) is 6.92 Å². The number of aryl methyl sites for hydroxylation is 2. The normalized spacial score (nSPS) is 23.6. The predicted molar refractivity (Wildman–Crippen MR) is 52.9 cm³/mol. The van der Waals surface area contributed by atoms with E-state index in [-0.39, 0.29) is 6.42 Å². The molecule has 0 amide bonds. The summed E-state index contributed by atoms with van der Waals surface area (Å²) in [7, 11) is 0. The summed E-state index contributed by atoms with van der Waals surface area (Å²) in [5.74, 6) is -2.96. The Morgan fingerprint density at radius 1 is 1.43 bits per heavy atom. The molecule has 0 saturated heterocycles. The van der Waals surface area contributed by atoms with Gasteiger partial charge in [-0.3, -0.25) is 0 Å². The van der Waals surface area contributed by atoms with Gasteiger partial charge in [0, 0.05) is 6.42 Å². The molecule has 0 N–H and O–H groups in total. The average molecular weight is 196 g/mol. The molecule has 14 heavy (non-hydrogen) atoms. The monoisotopic (exact) mass is 196 g/mol. The van der Waals surface area contributed by atoms with Crippen LogP contribution in [0.4, 0.5) is 8.78 Å². The summed E-state index contributed by atoms with van der Waals surface area (Å²) in [4.78, 5) is 0. The van der Waals surface area contributed by atoms with E-state index in [1.165, 1.54) is 0 Å². The van der Waals surface area contributed by atoms with Crippen molar-refractivity contribution in [2.45, 2.75) is 38.5 Å². The first-order chi connectivity index (χ1) is 6.54. The van der Waals surface area contributed by atoms with E-state index in [1.807, 2.05) is 32.0 Å². The van der Waals surface area contributed by atoms with Crippen LogP contribution in [0.1, 0.15) is 36.0 Å². The van der Waals surface area contributed by atoms with Gasteiger partial charge < -0.3 is 0 Å². The van der Waals surface area contributed by atoms with Crippen LogP contribution in [0.2, 0.25) is 0 Å². The highest BCUT2D eigenvalue weighted by molar-refractivity contribution is 5.39. The molecule has 1 fully saturated rings. The molecule has 1 aromatic rings. The summed E-state index contributed by atoms with van der Waals surface area (Å²) in [6.45, 7) is 3.96. The molecule has 1 aliphatic rings. The SMILES string of the molecule is CCc1ccc(C)cc1C1CC1(F)F. The van der Waals surface area contributed by atoms with Crippen LogP contribution >= 0.6 is 0 Å². The summed E-state index contributed by atoms with van der Waals surface area (Å²) in [5, 5.41) is 0. The van der Waals surface area contributed by atoms with Crippen molar-refractivity contribution in [3.05, 3.63) is 34.9 Å². The molecule has 1 saturated carbocycles. The molecule has 0 spiro atoms. The minimum atomic E-state index is -2.45. The van der Waals surface area contributed by atoms with Crippen molar-refractivity contribution in [2.75, 3.05) is 0 Å². The van der Waals surface area contributed by atoms with Crippen LogP contribution in [-0.2, 0) is 6.42 Å². The van der Waals surface area contributed by atoms with Crippen LogP contribution in [0.5, 0.6) is 0 Å². The van der Waals surface area contributed by atoms with Gasteiger partial charge in [-0.25, -0.2) is 8.78 Å². The number of hydrogen-bond acceptors (Lipinski definition) is 0. The van der Waals surface area contributed by atoms with Crippen LogP contribution in [0.15, 0.2) is 18.2 Å². The van der Waals surface area contributed by atoms with E-state index in [1.54, 1.807) is 0 Å². The Morgan fingerprint density at radius 3 is 2.57 bits per heavy atom. The van der Waals surface area contributed by atoms with Crippen molar-refractivity contribution >= 4 is 0 Å². The van der Waals surface area contributed by atoms with Crippen LogP contribution in [0.3, 0.4) is 0 Å². The lowest BCUT2D eigenvalue weighted by Gasteiger charge is -2.07. The van der Waals surface area contributed by atoms with E-state index >= 15 is 0 Å². The van der Waals surface area contributed by atoms with E-state index in [9.17, 15) is 8.78 Å². The molecular formula is C12H14F2. The highest BCUT2D eigenvalue weighted by Crippen LogP contribution is 2.56. The number of alkyl halides is 2. The quantitative estimate of drug-likeness (QED) is 0.676. The van der Waals surface area contributed by atoms with Crippen molar-refractivity contribution in [3.63, 3.8) is 0 Å². The molecule has 0 radical (unpaired) electrons. The van der Waals surface area contributed by atoms with Gasteiger partial charge in [0.25, 0.3) is 5.92 Å². The zero-order valence-corrected chi connectivity index (χ0v) is 8.48. The lowest BCUT2D eigenvalue weighted by Crippen LogP contribution is -1.97. The second kappa shape index (κ2) is 3.04. The Bertz CT molecular complexity index is 355. The minimum Gasteiger partial charge on any atom is -0.206 e. The van der Waals surface area contributed by atoms with E-state index in [2.05, 4.69) is 0 Å². The zero-order chi connectivity index (χ0) is 10.3. The highest BCUT2D eigenvalue weighted by atomic mass is 19.3. The smallest absolute Gasteiger partial charge is 0.206 e. The van der Waals surface area contributed by atoms with E-state index in [0.29, 0.717) is 0 Å². The Labute approximate surface area is 82.9 Å². The summed E-state index contributed by atoms with van der Waals surface area (Å²) < 4.78 is 25.9. The number of halogens is 2. The van der Waals surface area contributed by atoms with Crippen molar-refractivity contribution in [3.8, 4) is 0 Å². The Morgan fingerprint density at radius 2 is 2.07 bits per heavy atom. The van der Waals surface area contributed by atoms with Crippen molar-refractivity contribution < 1.29 is 8.78 Å². The minimum absolute atomic E-state index is 0.0312. The zero-order valence-electron chi connectivity index (χ0n) is 8.48. The molecule has 1 unspecified atom stereocenters. The Hall–Kier alpha value is -0.920. The molecular weight excluding hydrogens is 182 g/mol. The maximum Gasteiger partial charge on any atom is 0.255 e. The largest absolute Gasteiger partial charge is 0.255 e. The first-order valence-electron chi connectivity index (χ1n) is 5.02. The first kappa shape index (κ1) is 9.63. The van der Waals surface area contributed by atoms with Gasteiger partial charge in [0.2, 0.25) is 0 Å². The molecule has 1 aromatic carbocycles. The Balaban J connectivity index is 2.37. The van der Waals surface area contributed by atoms with Crippen molar-refractivity contribution in [1.29, 1.82) is 0 Å². The molecule has 2 heteroatoms. The summed E-state index contributed by atoms with van der Waals surface area (Å²) >= 11 is 0. The first-order valence-corrected chi connectivity index (χ1v) is 5.02. The molecule has 1 aliphatic carbocycles. The lowest BCUT2D eigenvalue weighted by atomic mass is 9.99. The average Bonchev–Trinajstić information content (AvgIpc) is 2.75. The van der Waals surface area contributed by atoms with E-state index < -0.39 is 11.8 Å². The molecule has 0 nitrogen and oxygen atoms in total. The lowest BCUT2D eigenvalue weighted by molar-refractivity contribution is 0.112. The van der Waals surface area contributed by atoms with E-state index in [0.717, 1.165) is 23.1 Å². The number of rotatable bonds is 2. The summed E-state index contributed by atoms with van der Waals surface area (Å²) in [6, 6.07) is 5.87. The number of hydrogen-bond donors (Lipinski definition) is 0. The number of benzene rings is 1. The molecule has 1 atom stereocenters. The molecule has 0 aliphatic heterocycles. The standard InChI is InChI=1S/C12H14F2/c1-3-9-5-4-8(2)6-10(9)11-7-12(11,13)14/h4-6,11H,3,7H2,1-2H3. The Kier molecular flexibility index (Phi) is 2.09. The fourth-order valence-corrected chi connectivity index (χ4v) is 1.91. The third-order valence-corrected chi connectivity index (χ3v) is 2.88. The topological polar surface area (TPSA) is 0 Å². The molecule has 0 heterocycles. The van der Waals surface area contributed by atoms with Gasteiger partial charge in [0.1, 0.15) is 0 Å². The fourth-order valence-electron chi connectivity index (χ4n) is 1.91. The maximum absolute atomic E-state index is 12.9. The third-order valence-electron chi connectivity index (χ3n) is 2.88. The van der Waals surface area contributed by atoms with Gasteiger partial charge in [0.15, 0.2) is 0 Å². The van der Waals surface area contributed by atoms with Gasteiger partial charge in [0.05, 0.1) is 5.92 Å². The molecule has 0 bridgehead atoms. The second-order valence-electron chi connectivity index (χ2n) is 4.07. The highest BCUT2D eigenvalue weighted by Gasteiger charge is 2.57. The van der Waals surface area contributed by atoms with Gasteiger partial charge >= 0.3 is 0 Å². The van der Waals surface area contributed by atoms with Crippen molar-refractivity contribution in [2.24, 2.45) is 0 Å². The molecule has 76 valence electrons. The van der Waals surface area contributed by atoms with Gasteiger partial charge in [-0.2, -0.15) is 0 Å². The second-order valence-corrected chi connectivity index (χ2v) is 4.07. The van der Waals surface area contributed by atoms with Gasteiger partial charge in [-0.05, 0) is 24.5 Å². The van der Waals surface area contributed by atoms with Crippen LogP contribution in [0.25, 0.3) is 0 Å². The third kappa shape index (κ3) is 1.54. The van der Waals surface area contributed by atoms with Gasteiger partial charge in [-0.15, -0.1) is 0 Å². The van der Waals surface area contributed by atoms with Gasteiger partial charge in [-0.1, -0.05) is 30.7 Å². The van der Waals surface area contributed by atoms with Crippen LogP contribution < -0.4 is 0 Å². The summed E-state index contributed by atoms with van der Waals surface area (Å²) in [5.41, 5.74) is 3.00. The molecule has 2 rings (SSSR count). The maximum atomic E-state index is 12.9.